The van der Waals surface area contributed by atoms with Crippen LogP contribution in [0, 0.1) is 0 Å². The molecular weight excluding hydrogens is 220 g/mol. The summed E-state index contributed by atoms with van der Waals surface area (Å²) in [5.41, 5.74) is 0.895. The van der Waals surface area contributed by atoms with E-state index in [0.717, 1.165) is 11.3 Å². The maximum absolute atomic E-state index is 8.89. The van der Waals surface area contributed by atoms with Crippen molar-refractivity contribution in [3.63, 3.8) is 0 Å². The van der Waals surface area contributed by atoms with E-state index in [1.165, 1.54) is 0 Å². The number of aliphatic hydroxyl groups is 1. The van der Waals surface area contributed by atoms with Crippen molar-refractivity contribution in [2.75, 3.05) is 13.2 Å². The van der Waals surface area contributed by atoms with Crippen molar-refractivity contribution >= 4 is 0 Å². The number of hydrogen-bond donors (Lipinski definition) is 1. The summed E-state index contributed by atoms with van der Waals surface area (Å²) in [6, 6.07) is 7.53. The molecule has 1 heterocycles. The number of benzene rings is 1. The highest BCUT2D eigenvalue weighted by molar-refractivity contribution is 5.55. The van der Waals surface area contributed by atoms with Gasteiger partial charge in [-0.1, -0.05) is 0 Å². The smallest absolute Gasteiger partial charge is 0.182 e. The molecule has 0 amide bonds. The van der Waals surface area contributed by atoms with Crippen molar-refractivity contribution in [3.05, 3.63) is 24.3 Å². The lowest BCUT2D eigenvalue weighted by atomic mass is 10.2. The molecule has 0 aliphatic carbocycles. The zero-order valence-corrected chi connectivity index (χ0v) is 9.58. The second-order valence-corrected chi connectivity index (χ2v) is 3.41. The van der Waals surface area contributed by atoms with Gasteiger partial charge in [-0.3, -0.25) is 0 Å². The standard InChI is InChI=1S/C11H14N4O2/c1-2-17-10-5-3-9(4-6-10)11-12-13-14-15(11)7-8-16/h3-6,16H,2,7-8H2,1H3. The fourth-order valence-electron chi connectivity index (χ4n) is 1.52. The van der Waals surface area contributed by atoms with Crippen LogP contribution in [0.4, 0.5) is 0 Å². The highest BCUT2D eigenvalue weighted by Gasteiger charge is 2.08. The predicted molar refractivity (Wildman–Crippen MR) is 61.5 cm³/mol. The molecule has 90 valence electrons. The van der Waals surface area contributed by atoms with Crippen molar-refractivity contribution in [3.8, 4) is 17.1 Å². The lowest BCUT2D eigenvalue weighted by Crippen LogP contribution is -2.06. The van der Waals surface area contributed by atoms with Crippen LogP contribution >= 0.6 is 0 Å². The largest absolute Gasteiger partial charge is 0.494 e. The quantitative estimate of drug-likeness (QED) is 0.825. The van der Waals surface area contributed by atoms with Crippen molar-refractivity contribution < 1.29 is 9.84 Å². The van der Waals surface area contributed by atoms with E-state index in [4.69, 9.17) is 9.84 Å². The van der Waals surface area contributed by atoms with Crippen molar-refractivity contribution in [2.24, 2.45) is 0 Å². The van der Waals surface area contributed by atoms with Crippen LogP contribution in [0.5, 0.6) is 5.75 Å². The van der Waals surface area contributed by atoms with E-state index >= 15 is 0 Å². The molecule has 2 aromatic rings. The van der Waals surface area contributed by atoms with E-state index in [2.05, 4.69) is 15.5 Å². The molecule has 2 rings (SSSR count). The number of tetrazole rings is 1. The molecule has 0 aliphatic rings. The molecule has 1 aromatic heterocycles. The molecule has 0 unspecified atom stereocenters. The first kappa shape index (κ1) is 11.5. The van der Waals surface area contributed by atoms with Crippen LogP contribution in [0.3, 0.4) is 0 Å². The fourth-order valence-corrected chi connectivity index (χ4v) is 1.52. The Hall–Kier alpha value is -1.95. The van der Waals surface area contributed by atoms with Gasteiger partial charge < -0.3 is 9.84 Å². The molecule has 0 atom stereocenters. The third kappa shape index (κ3) is 2.59. The van der Waals surface area contributed by atoms with E-state index in [9.17, 15) is 0 Å². The summed E-state index contributed by atoms with van der Waals surface area (Å²) in [7, 11) is 0. The molecule has 0 radical (unpaired) electrons. The Balaban J connectivity index is 2.23. The number of aliphatic hydroxyl groups excluding tert-OH is 1. The average molecular weight is 234 g/mol. The van der Waals surface area contributed by atoms with Crippen molar-refractivity contribution in [2.45, 2.75) is 13.5 Å². The first-order valence-corrected chi connectivity index (χ1v) is 5.45. The SMILES string of the molecule is CCOc1ccc(-c2nnnn2CCO)cc1. The third-order valence-corrected chi connectivity index (χ3v) is 2.27. The molecule has 17 heavy (non-hydrogen) atoms. The van der Waals surface area contributed by atoms with E-state index in [1.807, 2.05) is 31.2 Å². The number of hydrogen-bond acceptors (Lipinski definition) is 5. The Kier molecular flexibility index (Phi) is 3.66. The maximum Gasteiger partial charge on any atom is 0.182 e. The average Bonchev–Trinajstić information content (AvgIpc) is 2.79. The summed E-state index contributed by atoms with van der Waals surface area (Å²) >= 11 is 0. The summed E-state index contributed by atoms with van der Waals surface area (Å²) in [5, 5.41) is 20.2. The zero-order chi connectivity index (χ0) is 12.1. The topological polar surface area (TPSA) is 73.1 Å². The minimum Gasteiger partial charge on any atom is -0.494 e. The Labute approximate surface area is 98.8 Å². The number of rotatable bonds is 5. The monoisotopic (exact) mass is 234 g/mol. The van der Waals surface area contributed by atoms with Crippen LogP contribution in [0.15, 0.2) is 24.3 Å². The fraction of sp³-hybridized carbons (Fsp3) is 0.364. The number of aromatic nitrogens is 4. The van der Waals surface area contributed by atoms with Crippen LogP contribution < -0.4 is 4.74 Å². The minimum absolute atomic E-state index is 0.00900. The number of ether oxygens (including phenoxy) is 1. The summed E-state index contributed by atoms with van der Waals surface area (Å²) in [4.78, 5) is 0. The van der Waals surface area contributed by atoms with E-state index in [0.29, 0.717) is 19.0 Å². The van der Waals surface area contributed by atoms with Gasteiger partial charge in [0, 0.05) is 5.56 Å². The van der Waals surface area contributed by atoms with E-state index in [-0.39, 0.29) is 6.61 Å². The van der Waals surface area contributed by atoms with Gasteiger partial charge in [0.15, 0.2) is 5.82 Å². The van der Waals surface area contributed by atoms with Crippen LogP contribution in [-0.4, -0.2) is 38.5 Å². The molecular formula is C11H14N4O2. The Bertz CT molecular complexity index is 467. The molecule has 0 fully saturated rings. The van der Waals surface area contributed by atoms with Gasteiger partial charge >= 0.3 is 0 Å². The lowest BCUT2D eigenvalue weighted by molar-refractivity contribution is 0.269. The van der Waals surface area contributed by atoms with E-state index < -0.39 is 0 Å². The Morgan fingerprint density at radius 2 is 2.06 bits per heavy atom. The second kappa shape index (κ2) is 5.40. The first-order valence-electron chi connectivity index (χ1n) is 5.45. The highest BCUT2D eigenvalue weighted by atomic mass is 16.5. The summed E-state index contributed by atoms with van der Waals surface area (Å²) < 4.78 is 6.92. The van der Waals surface area contributed by atoms with Crippen molar-refractivity contribution in [1.82, 2.24) is 20.2 Å². The normalized spacial score (nSPS) is 10.5. The molecule has 0 saturated heterocycles. The zero-order valence-electron chi connectivity index (χ0n) is 9.58. The highest BCUT2D eigenvalue weighted by Crippen LogP contribution is 2.19. The molecule has 0 bridgehead atoms. The van der Waals surface area contributed by atoms with Gasteiger partial charge in [-0.05, 0) is 41.6 Å². The van der Waals surface area contributed by atoms with E-state index in [1.54, 1.807) is 4.68 Å². The summed E-state index contributed by atoms with van der Waals surface area (Å²) in [6.45, 7) is 2.97. The summed E-state index contributed by atoms with van der Waals surface area (Å²) in [6.07, 6.45) is 0. The van der Waals surface area contributed by atoms with Crippen LogP contribution in [0.1, 0.15) is 6.92 Å². The molecule has 0 aliphatic heterocycles. The molecule has 0 saturated carbocycles. The van der Waals surface area contributed by atoms with Crippen LogP contribution in [0.25, 0.3) is 11.4 Å². The van der Waals surface area contributed by atoms with Gasteiger partial charge in [0.05, 0.1) is 19.8 Å². The van der Waals surface area contributed by atoms with Gasteiger partial charge in [0.25, 0.3) is 0 Å². The molecule has 0 spiro atoms. The molecule has 6 heteroatoms. The van der Waals surface area contributed by atoms with Crippen LogP contribution in [0.2, 0.25) is 0 Å². The minimum atomic E-state index is 0.00900. The van der Waals surface area contributed by atoms with Crippen LogP contribution in [-0.2, 0) is 6.54 Å². The molecule has 1 aromatic carbocycles. The predicted octanol–water partition coefficient (Wildman–Crippen LogP) is 0.731. The third-order valence-electron chi connectivity index (χ3n) is 2.27. The van der Waals surface area contributed by atoms with Gasteiger partial charge in [-0.25, -0.2) is 4.68 Å². The van der Waals surface area contributed by atoms with Gasteiger partial charge in [-0.2, -0.15) is 0 Å². The Morgan fingerprint density at radius 3 is 2.71 bits per heavy atom. The van der Waals surface area contributed by atoms with Gasteiger partial charge in [0.2, 0.25) is 0 Å². The van der Waals surface area contributed by atoms with Crippen molar-refractivity contribution in [1.29, 1.82) is 0 Å². The maximum atomic E-state index is 8.89. The Morgan fingerprint density at radius 1 is 1.29 bits per heavy atom. The van der Waals surface area contributed by atoms with Gasteiger partial charge in [-0.15, -0.1) is 5.10 Å². The van der Waals surface area contributed by atoms with Gasteiger partial charge in [0.1, 0.15) is 5.75 Å². The molecule has 1 N–H and O–H groups in total. The lowest BCUT2D eigenvalue weighted by Gasteiger charge is -2.05. The number of nitrogens with zero attached hydrogens (tertiary/aromatic N) is 4. The summed E-state index contributed by atoms with van der Waals surface area (Å²) in [5.74, 6) is 1.46. The molecule has 6 nitrogen and oxygen atoms in total. The first-order chi connectivity index (χ1) is 8.35. The second-order valence-electron chi connectivity index (χ2n) is 3.41.